The summed E-state index contributed by atoms with van der Waals surface area (Å²) >= 11 is 11.8. The Morgan fingerprint density at radius 3 is 2.71 bits per heavy atom. The Hall–Kier alpha value is -1.78. The topological polar surface area (TPSA) is 51.2 Å². The molecule has 0 unspecified atom stereocenters. The first-order chi connectivity index (χ1) is 10.0. The molecule has 1 heterocycles. The summed E-state index contributed by atoms with van der Waals surface area (Å²) in [7, 11) is 1.57. The zero-order chi connectivity index (χ0) is 15.4. The normalized spacial score (nSPS) is 10.3. The number of halogens is 2. The third-order valence-corrected chi connectivity index (χ3v) is 3.42. The van der Waals surface area contributed by atoms with Crippen LogP contribution < -0.4 is 10.1 Å². The van der Waals surface area contributed by atoms with Crippen molar-refractivity contribution in [1.29, 1.82) is 0 Å². The molecule has 0 atom stereocenters. The number of anilines is 1. The standard InChI is InChI=1S/C15H14Cl2N2O2/c1-9-7-12(16)18-15(17)14(9)19-13(20)8-10-5-3-4-6-11(10)21-2/h3-7H,8H2,1-2H3,(H,19,20). The van der Waals surface area contributed by atoms with Crippen LogP contribution in [-0.4, -0.2) is 18.0 Å². The maximum atomic E-state index is 12.2. The fourth-order valence-corrected chi connectivity index (χ4v) is 2.53. The zero-order valence-corrected chi connectivity index (χ0v) is 13.1. The van der Waals surface area contributed by atoms with Gasteiger partial charge in [-0.2, -0.15) is 0 Å². The minimum atomic E-state index is -0.200. The Morgan fingerprint density at radius 2 is 2.05 bits per heavy atom. The van der Waals surface area contributed by atoms with Crippen molar-refractivity contribution in [1.82, 2.24) is 4.98 Å². The van der Waals surface area contributed by atoms with Gasteiger partial charge in [-0.15, -0.1) is 0 Å². The van der Waals surface area contributed by atoms with Crippen LogP contribution in [0.25, 0.3) is 0 Å². The number of amides is 1. The lowest BCUT2D eigenvalue weighted by molar-refractivity contribution is -0.115. The molecule has 1 aromatic carbocycles. The molecule has 21 heavy (non-hydrogen) atoms. The predicted molar refractivity (Wildman–Crippen MR) is 84.3 cm³/mol. The van der Waals surface area contributed by atoms with E-state index in [0.29, 0.717) is 16.6 Å². The first-order valence-electron chi connectivity index (χ1n) is 6.25. The SMILES string of the molecule is COc1ccccc1CC(=O)Nc1c(C)cc(Cl)nc1Cl. The number of para-hydroxylation sites is 1. The van der Waals surface area contributed by atoms with Crippen molar-refractivity contribution in [3.8, 4) is 5.75 Å². The van der Waals surface area contributed by atoms with Gasteiger partial charge in [-0.1, -0.05) is 41.4 Å². The molecule has 1 amide bonds. The molecular formula is C15H14Cl2N2O2. The summed E-state index contributed by atoms with van der Waals surface area (Å²) in [5, 5.41) is 3.22. The Balaban J connectivity index is 2.16. The maximum absolute atomic E-state index is 12.2. The summed E-state index contributed by atoms with van der Waals surface area (Å²) < 4.78 is 5.22. The second kappa shape index (κ2) is 6.78. The van der Waals surface area contributed by atoms with E-state index >= 15 is 0 Å². The van der Waals surface area contributed by atoms with Gasteiger partial charge < -0.3 is 10.1 Å². The van der Waals surface area contributed by atoms with Crippen LogP contribution in [0.4, 0.5) is 5.69 Å². The molecule has 2 rings (SSSR count). The molecule has 110 valence electrons. The van der Waals surface area contributed by atoms with E-state index in [1.165, 1.54) is 0 Å². The quantitative estimate of drug-likeness (QED) is 0.868. The van der Waals surface area contributed by atoms with Gasteiger partial charge in [0.15, 0.2) is 5.15 Å². The first-order valence-corrected chi connectivity index (χ1v) is 7.01. The third-order valence-electron chi connectivity index (χ3n) is 2.95. The first kappa shape index (κ1) is 15.6. The average Bonchev–Trinajstić information content (AvgIpc) is 2.43. The number of nitrogens with zero attached hydrogens (tertiary/aromatic N) is 1. The third kappa shape index (κ3) is 3.86. The molecule has 0 aliphatic rings. The van der Waals surface area contributed by atoms with Crippen LogP contribution >= 0.6 is 23.2 Å². The van der Waals surface area contributed by atoms with Crippen LogP contribution in [0.5, 0.6) is 5.75 Å². The van der Waals surface area contributed by atoms with E-state index in [0.717, 1.165) is 11.1 Å². The predicted octanol–water partition coefficient (Wildman–Crippen LogP) is 3.89. The average molecular weight is 325 g/mol. The summed E-state index contributed by atoms with van der Waals surface area (Å²) in [4.78, 5) is 16.1. The van der Waals surface area contributed by atoms with E-state index in [-0.39, 0.29) is 17.5 Å². The number of rotatable bonds is 4. The van der Waals surface area contributed by atoms with Gasteiger partial charge in [0.1, 0.15) is 10.9 Å². The molecule has 0 spiro atoms. The van der Waals surface area contributed by atoms with Crippen LogP contribution in [0.3, 0.4) is 0 Å². The van der Waals surface area contributed by atoms with Gasteiger partial charge >= 0.3 is 0 Å². The summed E-state index contributed by atoms with van der Waals surface area (Å²) in [6, 6.07) is 9.00. The fourth-order valence-electron chi connectivity index (χ4n) is 1.95. The van der Waals surface area contributed by atoms with Gasteiger partial charge in [-0.05, 0) is 24.6 Å². The van der Waals surface area contributed by atoms with Gasteiger partial charge in [0, 0.05) is 5.56 Å². The molecule has 1 N–H and O–H groups in total. The van der Waals surface area contributed by atoms with E-state index < -0.39 is 0 Å². The van der Waals surface area contributed by atoms with Crippen LogP contribution in [0, 0.1) is 6.92 Å². The van der Waals surface area contributed by atoms with Crippen LogP contribution in [0.2, 0.25) is 10.3 Å². The van der Waals surface area contributed by atoms with E-state index in [9.17, 15) is 4.79 Å². The summed E-state index contributed by atoms with van der Waals surface area (Å²) in [6.45, 7) is 1.80. The monoisotopic (exact) mass is 324 g/mol. The van der Waals surface area contributed by atoms with Crippen LogP contribution in [0.15, 0.2) is 30.3 Å². The molecule has 1 aromatic heterocycles. The minimum absolute atomic E-state index is 0.174. The summed E-state index contributed by atoms with van der Waals surface area (Å²) in [6.07, 6.45) is 0.183. The lowest BCUT2D eigenvalue weighted by Crippen LogP contribution is -2.16. The molecule has 2 aromatic rings. The number of benzene rings is 1. The number of pyridine rings is 1. The molecule has 6 heteroatoms. The Labute approximate surface area is 133 Å². The van der Waals surface area contributed by atoms with Crippen molar-refractivity contribution in [2.75, 3.05) is 12.4 Å². The number of aromatic nitrogens is 1. The Bertz CT molecular complexity index is 651. The molecular weight excluding hydrogens is 311 g/mol. The lowest BCUT2D eigenvalue weighted by Gasteiger charge is -2.11. The molecule has 0 saturated heterocycles. The highest BCUT2D eigenvalue weighted by Gasteiger charge is 2.13. The van der Waals surface area contributed by atoms with Gasteiger partial charge in [0.25, 0.3) is 0 Å². The molecule has 0 bridgehead atoms. The van der Waals surface area contributed by atoms with Gasteiger partial charge in [0.2, 0.25) is 5.91 Å². The Morgan fingerprint density at radius 1 is 1.33 bits per heavy atom. The summed E-state index contributed by atoms with van der Waals surface area (Å²) in [5.74, 6) is 0.471. The highest BCUT2D eigenvalue weighted by atomic mass is 35.5. The highest BCUT2D eigenvalue weighted by Crippen LogP contribution is 2.27. The second-order valence-electron chi connectivity index (χ2n) is 4.46. The van der Waals surface area contributed by atoms with E-state index in [2.05, 4.69) is 10.3 Å². The number of nitrogens with one attached hydrogen (secondary N) is 1. The molecule has 0 radical (unpaired) electrons. The van der Waals surface area contributed by atoms with E-state index in [1.54, 1.807) is 20.1 Å². The number of ether oxygens (including phenoxy) is 1. The van der Waals surface area contributed by atoms with Crippen LogP contribution in [-0.2, 0) is 11.2 Å². The fraction of sp³-hybridized carbons (Fsp3) is 0.200. The number of carbonyl (C=O) groups is 1. The lowest BCUT2D eigenvalue weighted by atomic mass is 10.1. The smallest absolute Gasteiger partial charge is 0.229 e. The van der Waals surface area contributed by atoms with Crippen molar-refractivity contribution in [3.05, 3.63) is 51.8 Å². The number of aryl methyl sites for hydroxylation is 1. The minimum Gasteiger partial charge on any atom is -0.496 e. The number of hydrogen-bond acceptors (Lipinski definition) is 3. The van der Waals surface area contributed by atoms with Crippen molar-refractivity contribution in [2.24, 2.45) is 0 Å². The van der Waals surface area contributed by atoms with Gasteiger partial charge in [-0.25, -0.2) is 4.98 Å². The zero-order valence-electron chi connectivity index (χ0n) is 11.6. The summed E-state index contributed by atoms with van der Waals surface area (Å²) in [5.41, 5.74) is 2.03. The second-order valence-corrected chi connectivity index (χ2v) is 5.21. The van der Waals surface area contributed by atoms with Crippen molar-refractivity contribution in [2.45, 2.75) is 13.3 Å². The Kier molecular flexibility index (Phi) is 5.04. The van der Waals surface area contributed by atoms with E-state index in [4.69, 9.17) is 27.9 Å². The molecule has 0 aliphatic carbocycles. The number of methoxy groups -OCH3 is 1. The molecule has 0 aliphatic heterocycles. The van der Waals surface area contributed by atoms with Crippen LogP contribution in [0.1, 0.15) is 11.1 Å². The van der Waals surface area contributed by atoms with E-state index in [1.807, 2.05) is 24.3 Å². The molecule has 0 fully saturated rings. The van der Waals surface area contributed by atoms with Crippen molar-refractivity contribution < 1.29 is 9.53 Å². The van der Waals surface area contributed by atoms with Gasteiger partial charge in [0.05, 0.1) is 19.2 Å². The number of hydrogen-bond donors (Lipinski definition) is 1. The molecule has 4 nitrogen and oxygen atoms in total. The maximum Gasteiger partial charge on any atom is 0.229 e. The number of carbonyl (C=O) groups excluding carboxylic acids is 1. The molecule has 0 saturated carbocycles. The van der Waals surface area contributed by atoms with Crippen molar-refractivity contribution in [3.63, 3.8) is 0 Å². The largest absolute Gasteiger partial charge is 0.496 e. The highest BCUT2D eigenvalue weighted by molar-refractivity contribution is 6.34. The van der Waals surface area contributed by atoms with Crippen molar-refractivity contribution >= 4 is 34.8 Å². The van der Waals surface area contributed by atoms with Gasteiger partial charge in [-0.3, -0.25) is 4.79 Å².